The Morgan fingerprint density at radius 3 is 2.50 bits per heavy atom. The molecule has 1 fully saturated rings. The Labute approximate surface area is 175 Å². The lowest BCUT2D eigenvalue weighted by atomic mass is 9.87. The fraction of sp³-hybridized carbons (Fsp3) is 0.652. The van der Waals surface area contributed by atoms with Crippen LogP contribution in [-0.4, -0.2) is 17.6 Å². The van der Waals surface area contributed by atoms with Crippen molar-refractivity contribution < 1.29 is 9.53 Å². The van der Waals surface area contributed by atoms with E-state index in [2.05, 4.69) is 17.6 Å². The minimum atomic E-state index is -0.0170. The quantitative estimate of drug-likeness (QED) is 0.340. The van der Waals surface area contributed by atoms with Gasteiger partial charge in [-0.25, -0.2) is 0 Å². The van der Waals surface area contributed by atoms with Crippen LogP contribution in [0.15, 0.2) is 24.3 Å². The van der Waals surface area contributed by atoms with Crippen LogP contribution in [0, 0.1) is 5.92 Å². The molecule has 0 radical (unpaired) electrons. The van der Waals surface area contributed by atoms with Crippen LogP contribution in [0.5, 0.6) is 5.75 Å². The minimum Gasteiger partial charge on any atom is -0.494 e. The van der Waals surface area contributed by atoms with Crippen LogP contribution in [0.4, 0.5) is 5.69 Å². The van der Waals surface area contributed by atoms with Crippen molar-refractivity contribution in [2.45, 2.75) is 84.0 Å². The number of benzene rings is 1. The van der Waals surface area contributed by atoms with E-state index < -0.39 is 0 Å². The van der Waals surface area contributed by atoms with Crippen molar-refractivity contribution in [3.63, 3.8) is 0 Å². The zero-order valence-corrected chi connectivity index (χ0v) is 18.1. The molecule has 0 aliphatic heterocycles. The van der Waals surface area contributed by atoms with E-state index >= 15 is 0 Å². The summed E-state index contributed by atoms with van der Waals surface area (Å²) in [5, 5.41) is 6.17. The molecule has 0 aromatic heterocycles. The molecule has 1 saturated carbocycles. The van der Waals surface area contributed by atoms with Gasteiger partial charge in [-0.05, 0) is 55.2 Å². The SMILES string of the molecule is CCCCCCCC(=O)NC(=S)Nc1ccc(OCCC2CCCCC2)cc1. The molecule has 1 amide bonds. The molecule has 5 heteroatoms. The van der Waals surface area contributed by atoms with E-state index in [1.807, 2.05) is 24.3 Å². The van der Waals surface area contributed by atoms with Crippen LogP contribution < -0.4 is 15.4 Å². The Kier molecular flexibility index (Phi) is 11.0. The topological polar surface area (TPSA) is 50.4 Å². The predicted octanol–water partition coefficient (Wildman–Crippen LogP) is 6.21. The second-order valence-corrected chi connectivity index (χ2v) is 8.24. The lowest BCUT2D eigenvalue weighted by Gasteiger charge is -2.21. The molecule has 0 saturated heterocycles. The minimum absolute atomic E-state index is 0.0170. The maximum Gasteiger partial charge on any atom is 0.226 e. The highest BCUT2D eigenvalue weighted by Gasteiger charge is 2.13. The monoisotopic (exact) mass is 404 g/mol. The van der Waals surface area contributed by atoms with Gasteiger partial charge in [-0.1, -0.05) is 64.7 Å². The summed E-state index contributed by atoms with van der Waals surface area (Å²) in [5.74, 6) is 1.70. The van der Waals surface area contributed by atoms with Gasteiger partial charge in [0.2, 0.25) is 5.91 Å². The Bertz CT molecular complexity index is 583. The molecule has 1 aromatic rings. The lowest BCUT2D eigenvalue weighted by molar-refractivity contribution is -0.119. The Morgan fingerprint density at radius 2 is 1.79 bits per heavy atom. The van der Waals surface area contributed by atoms with E-state index in [-0.39, 0.29) is 5.91 Å². The Morgan fingerprint density at radius 1 is 1.07 bits per heavy atom. The van der Waals surface area contributed by atoms with Gasteiger partial charge in [-0.2, -0.15) is 0 Å². The summed E-state index contributed by atoms with van der Waals surface area (Å²) in [6.45, 7) is 2.97. The van der Waals surface area contributed by atoms with E-state index in [0.29, 0.717) is 11.5 Å². The van der Waals surface area contributed by atoms with Gasteiger partial charge in [0.1, 0.15) is 5.75 Å². The molecule has 1 aliphatic rings. The van der Waals surface area contributed by atoms with Crippen LogP contribution in [0.2, 0.25) is 0 Å². The number of carbonyl (C=O) groups is 1. The van der Waals surface area contributed by atoms with Gasteiger partial charge in [-0.15, -0.1) is 0 Å². The number of carbonyl (C=O) groups excluding carboxylic acids is 1. The number of thiocarbonyl (C=S) groups is 1. The average molecular weight is 405 g/mol. The van der Waals surface area contributed by atoms with E-state index in [1.165, 1.54) is 51.4 Å². The van der Waals surface area contributed by atoms with Crippen LogP contribution >= 0.6 is 12.2 Å². The van der Waals surface area contributed by atoms with Crippen LogP contribution in [0.1, 0.15) is 84.0 Å². The number of amides is 1. The summed E-state index contributed by atoms with van der Waals surface area (Å²) < 4.78 is 5.88. The number of rotatable bonds is 11. The smallest absolute Gasteiger partial charge is 0.226 e. The Hall–Kier alpha value is -1.62. The highest BCUT2D eigenvalue weighted by atomic mass is 32.1. The second-order valence-electron chi connectivity index (χ2n) is 7.83. The highest BCUT2D eigenvalue weighted by molar-refractivity contribution is 7.80. The summed E-state index contributed by atoms with van der Waals surface area (Å²) in [7, 11) is 0. The molecule has 1 aliphatic carbocycles. The number of hydrogen-bond acceptors (Lipinski definition) is 3. The molecule has 0 atom stereocenters. The van der Waals surface area contributed by atoms with Gasteiger partial charge in [0.25, 0.3) is 0 Å². The average Bonchev–Trinajstić information content (AvgIpc) is 2.70. The molecule has 0 bridgehead atoms. The Balaban J connectivity index is 1.61. The zero-order valence-electron chi connectivity index (χ0n) is 17.3. The summed E-state index contributed by atoms with van der Waals surface area (Å²) in [4.78, 5) is 11.9. The maximum absolute atomic E-state index is 11.9. The molecule has 0 unspecified atom stereocenters. The van der Waals surface area contributed by atoms with Crippen molar-refractivity contribution in [3.05, 3.63) is 24.3 Å². The second kappa shape index (κ2) is 13.5. The number of ether oxygens (including phenoxy) is 1. The van der Waals surface area contributed by atoms with Crippen molar-refractivity contribution in [2.24, 2.45) is 5.92 Å². The van der Waals surface area contributed by atoms with Gasteiger partial charge >= 0.3 is 0 Å². The first-order valence-electron chi connectivity index (χ1n) is 11.0. The standard InChI is InChI=1S/C23H36N2O2S/c1-2-3-4-5-9-12-22(26)25-23(28)24-20-13-15-21(16-14-20)27-18-17-19-10-7-6-8-11-19/h13-16,19H,2-12,17-18H2,1H3,(H2,24,25,26,28). The molecule has 4 nitrogen and oxygen atoms in total. The van der Waals surface area contributed by atoms with E-state index in [9.17, 15) is 4.79 Å². The normalized spacial score (nSPS) is 14.5. The van der Waals surface area contributed by atoms with E-state index in [0.717, 1.165) is 43.2 Å². The van der Waals surface area contributed by atoms with Gasteiger partial charge in [0.05, 0.1) is 6.61 Å². The lowest BCUT2D eigenvalue weighted by Crippen LogP contribution is -2.33. The van der Waals surface area contributed by atoms with Gasteiger partial charge < -0.3 is 15.4 Å². The molecule has 2 N–H and O–H groups in total. The fourth-order valence-electron chi connectivity index (χ4n) is 3.69. The molecule has 0 heterocycles. The van der Waals surface area contributed by atoms with E-state index in [4.69, 9.17) is 17.0 Å². The largest absolute Gasteiger partial charge is 0.494 e. The first-order valence-corrected chi connectivity index (χ1v) is 11.4. The van der Waals surface area contributed by atoms with Crippen molar-refractivity contribution in [3.8, 4) is 5.75 Å². The first-order chi connectivity index (χ1) is 13.7. The van der Waals surface area contributed by atoms with Crippen molar-refractivity contribution >= 4 is 28.9 Å². The van der Waals surface area contributed by atoms with Crippen LogP contribution in [0.3, 0.4) is 0 Å². The third kappa shape index (κ3) is 9.54. The molecule has 28 heavy (non-hydrogen) atoms. The fourth-order valence-corrected chi connectivity index (χ4v) is 3.93. The zero-order chi connectivity index (χ0) is 20.0. The molecule has 0 spiro atoms. The number of unbranched alkanes of at least 4 members (excludes halogenated alkanes) is 4. The predicted molar refractivity (Wildman–Crippen MR) is 121 cm³/mol. The first kappa shape index (κ1) is 22.7. The van der Waals surface area contributed by atoms with Crippen LogP contribution in [-0.2, 0) is 4.79 Å². The maximum atomic E-state index is 11.9. The highest BCUT2D eigenvalue weighted by Crippen LogP contribution is 2.26. The van der Waals surface area contributed by atoms with Crippen LogP contribution in [0.25, 0.3) is 0 Å². The van der Waals surface area contributed by atoms with Gasteiger partial charge in [0, 0.05) is 12.1 Å². The van der Waals surface area contributed by atoms with Crippen molar-refractivity contribution in [1.82, 2.24) is 5.32 Å². The molecule has 156 valence electrons. The summed E-state index contributed by atoms with van der Waals surface area (Å²) in [6.07, 6.45) is 14.2. The third-order valence-corrected chi connectivity index (χ3v) is 5.60. The summed E-state index contributed by atoms with van der Waals surface area (Å²) in [6, 6.07) is 7.75. The molecule has 1 aromatic carbocycles. The van der Waals surface area contributed by atoms with Crippen molar-refractivity contribution in [1.29, 1.82) is 0 Å². The molecular weight excluding hydrogens is 368 g/mol. The van der Waals surface area contributed by atoms with E-state index in [1.54, 1.807) is 0 Å². The number of anilines is 1. The van der Waals surface area contributed by atoms with Crippen molar-refractivity contribution in [2.75, 3.05) is 11.9 Å². The summed E-state index contributed by atoms with van der Waals surface area (Å²) >= 11 is 5.23. The number of hydrogen-bond donors (Lipinski definition) is 2. The molecular formula is C23H36N2O2S. The number of nitrogens with one attached hydrogen (secondary N) is 2. The van der Waals surface area contributed by atoms with Gasteiger partial charge in [-0.3, -0.25) is 4.79 Å². The molecule has 2 rings (SSSR count). The third-order valence-electron chi connectivity index (χ3n) is 5.39. The summed E-state index contributed by atoms with van der Waals surface area (Å²) in [5.41, 5.74) is 0.855. The van der Waals surface area contributed by atoms with Gasteiger partial charge in [0.15, 0.2) is 5.11 Å².